The van der Waals surface area contributed by atoms with E-state index in [1.165, 1.54) is 7.11 Å². The van der Waals surface area contributed by atoms with E-state index in [9.17, 15) is 4.79 Å². The second-order valence-corrected chi connectivity index (χ2v) is 5.02. The van der Waals surface area contributed by atoms with E-state index in [0.29, 0.717) is 17.0 Å². The zero-order chi connectivity index (χ0) is 13.8. The lowest BCUT2D eigenvalue weighted by atomic mass is 9.98. The van der Waals surface area contributed by atoms with Crippen molar-refractivity contribution in [1.82, 2.24) is 5.32 Å². The minimum absolute atomic E-state index is 0.155. The highest BCUT2D eigenvalue weighted by Crippen LogP contribution is 2.26. The van der Waals surface area contributed by atoms with Crippen LogP contribution in [0.4, 0.5) is 5.69 Å². The number of nitrogens with two attached hydrogens (primary N) is 1. The maximum Gasteiger partial charge on any atom is 0.255 e. The SMILES string of the molecule is CCCC(C)(C)NC(=O)c1cccc(N)c1OC. The summed E-state index contributed by atoms with van der Waals surface area (Å²) in [5.41, 5.74) is 6.50. The van der Waals surface area contributed by atoms with Crippen molar-refractivity contribution >= 4 is 11.6 Å². The molecule has 0 aromatic heterocycles. The van der Waals surface area contributed by atoms with Crippen LogP contribution in [0.15, 0.2) is 18.2 Å². The van der Waals surface area contributed by atoms with Crippen molar-refractivity contribution in [3.05, 3.63) is 23.8 Å². The van der Waals surface area contributed by atoms with Gasteiger partial charge in [-0.05, 0) is 32.4 Å². The molecule has 0 atom stereocenters. The number of hydrogen-bond acceptors (Lipinski definition) is 3. The van der Waals surface area contributed by atoms with E-state index < -0.39 is 0 Å². The summed E-state index contributed by atoms with van der Waals surface area (Å²) in [4.78, 5) is 12.2. The number of anilines is 1. The van der Waals surface area contributed by atoms with Gasteiger partial charge >= 0.3 is 0 Å². The summed E-state index contributed by atoms with van der Waals surface area (Å²) in [6.07, 6.45) is 1.94. The Balaban J connectivity index is 2.94. The molecule has 0 unspecified atom stereocenters. The first kappa shape index (κ1) is 14.4. The van der Waals surface area contributed by atoms with Crippen molar-refractivity contribution in [3.8, 4) is 5.75 Å². The molecule has 4 heteroatoms. The average molecular weight is 250 g/mol. The largest absolute Gasteiger partial charge is 0.494 e. The lowest BCUT2D eigenvalue weighted by Crippen LogP contribution is -2.43. The highest BCUT2D eigenvalue weighted by Gasteiger charge is 2.22. The number of para-hydroxylation sites is 1. The van der Waals surface area contributed by atoms with Gasteiger partial charge < -0.3 is 15.8 Å². The summed E-state index contributed by atoms with van der Waals surface area (Å²) in [6, 6.07) is 5.18. The molecule has 0 spiro atoms. The predicted molar refractivity (Wildman–Crippen MR) is 73.9 cm³/mol. The molecule has 1 amide bonds. The van der Waals surface area contributed by atoms with Crippen LogP contribution in [-0.4, -0.2) is 18.6 Å². The zero-order valence-corrected chi connectivity index (χ0v) is 11.5. The number of ether oxygens (including phenoxy) is 1. The number of nitrogen functional groups attached to an aromatic ring is 1. The molecule has 0 aliphatic rings. The number of benzene rings is 1. The Bertz CT molecular complexity index is 428. The summed E-state index contributed by atoms with van der Waals surface area (Å²) in [5.74, 6) is 0.278. The number of carbonyl (C=O) groups excluding carboxylic acids is 1. The van der Waals surface area contributed by atoms with Crippen molar-refractivity contribution in [3.63, 3.8) is 0 Å². The number of methoxy groups -OCH3 is 1. The van der Waals surface area contributed by atoms with E-state index in [1.807, 2.05) is 13.8 Å². The Hall–Kier alpha value is -1.71. The Morgan fingerprint density at radius 2 is 2.11 bits per heavy atom. The van der Waals surface area contributed by atoms with E-state index in [2.05, 4.69) is 12.2 Å². The van der Waals surface area contributed by atoms with E-state index in [1.54, 1.807) is 18.2 Å². The highest BCUT2D eigenvalue weighted by molar-refractivity contribution is 5.99. The lowest BCUT2D eigenvalue weighted by Gasteiger charge is -2.26. The van der Waals surface area contributed by atoms with Gasteiger partial charge in [0.1, 0.15) is 0 Å². The molecule has 0 saturated heterocycles. The van der Waals surface area contributed by atoms with Gasteiger partial charge in [-0.2, -0.15) is 0 Å². The molecule has 0 fully saturated rings. The summed E-state index contributed by atoms with van der Waals surface area (Å²) in [7, 11) is 1.51. The normalized spacial score (nSPS) is 11.1. The summed E-state index contributed by atoms with van der Waals surface area (Å²) < 4.78 is 5.19. The Morgan fingerprint density at radius 1 is 1.44 bits per heavy atom. The second-order valence-electron chi connectivity index (χ2n) is 5.02. The Labute approximate surface area is 109 Å². The number of rotatable bonds is 5. The van der Waals surface area contributed by atoms with E-state index >= 15 is 0 Å². The van der Waals surface area contributed by atoms with Gasteiger partial charge in [0.15, 0.2) is 5.75 Å². The number of hydrogen-bond donors (Lipinski definition) is 2. The van der Waals surface area contributed by atoms with Crippen molar-refractivity contribution < 1.29 is 9.53 Å². The van der Waals surface area contributed by atoms with Crippen molar-refractivity contribution in [2.45, 2.75) is 39.2 Å². The fraction of sp³-hybridized carbons (Fsp3) is 0.500. The van der Waals surface area contributed by atoms with Crippen molar-refractivity contribution in [2.24, 2.45) is 0 Å². The monoisotopic (exact) mass is 250 g/mol. The molecule has 0 radical (unpaired) electrons. The van der Waals surface area contributed by atoms with Gasteiger partial charge in [-0.3, -0.25) is 4.79 Å². The van der Waals surface area contributed by atoms with Crippen LogP contribution in [0.1, 0.15) is 44.0 Å². The van der Waals surface area contributed by atoms with Crippen LogP contribution in [0.5, 0.6) is 5.75 Å². The van der Waals surface area contributed by atoms with Crippen LogP contribution < -0.4 is 15.8 Å². The second kappa shape index (κ2) is 5.76. The van der Waals surface area contributed by atoms with E-state index in [0.717, 1.165) is 12.8 Å². The Kier molecular flexibility index (Phi) is 4.59. The predicted octanol–water partition coefficient (Wildman–Crippen LogP) is 2.59. The topological polar surface area (TPSA) is 64.4 Å². The quantitative estimate of drug-likeness (QED) is 0.789. The Morgan fingerprint density at radius 3 is 2.67 bits per heavy atom. The fourth-order valence-electron chi connectivity index (χ4n) is 2.02. The first-order chi connectivity index (χ1) is 8.41. The summed E-state index contributed by atoms with van der Waals surface area (Å²) in [5, 5.41) is 3.00. The molecule has 1 aromatic rings. The minimum Gasteiger partial charge on any atom is -0.494 e. The summed E-state index contributed by atoms with van der Waals surface area (Å²) in [6.45, 7) is 6.11. The van der Waals surface area contributed by atoms with Gasteiger partial charge in [-0.1, -0.05) is 19.4 Å². The molecule has 100 valence electrons. The lowest BCUT2D eigenvalue weighted by molar-refractivity contribution is 0.0906. The third-order valence-corrected chi connectivity index (χ3v) is 2.82. The number of amides is 1. The molecule has 0 aliphatic carbocycles. The standard InChI is InChI=1S/C14H22N2O2/c1-5-9-14(2,3)16-13(17)10-7-6-8-11(15)12(10)18-4/h6-8H,5,9,15H2,1-4H3,(H,16,17). The van der Waals surface area contributed by atoms with E-state index in [-0.39, 0.29) is 11.4 Å². The molecule has 0 bridgehead atoms. The molecule has 3 N–H and O–H groups in total. The van der Waals surface area contributed by atoms with E-state index in [4.69, 9.17) is 10.5 Å². The maximum absolute atomic E-state index is 12.2. The van der Waals surface area contributed by atoms with Gasteiger partial charge in [-0.25, -0.2) is 0 Å². The van der Waals surface area contributed by atoms with Gasteiger partial charge in [-0.15, -0.1) is 0 Å². The van der Waals surface area contributed by atoms with Crippen molar-refractivity contribution in [2.75, 3.05) is 12.8 Å². The third kappa shape index (κ3) is 3.39. The molecule has 1 rings (SSSR count). The average Bonchev–Trinajstić information content (AvgIpc) is 2.27. The first-order valence-corrected chi connectivity index (χ1v) is 6.16. The van der Waals surface area contributed by atoms with Crippen LogP contribution >= 0.6 is 0 Å². The van der Waals surface area contributed by atoms with Crippen LogP contribution in [0.2, 0.25) is 0 Å². The van der Waals surface area contributed by atoms with Crippen LogP contribution in [0, 0.1) is 0 Å². The molecular weight excluding hydrogens is 228 g/mol. The van der Waals surface area contributed by atoms with Crippen LogP contribution in [0.3, 0.4) is 0 Å². The summed E-state index contributed by atoms with van der Waals surface area (Å²) >= 11 is 0. The van der Waals surface area contributed by atoms with Crippen molar-refractivity contribution in [1.29, 1.82) is 0 Å². The highest BCUT2D eigenvalue weighted by atomic mass is 16.5. The van der Waals surface area contributed by atoms with Gasteiger partial charge in [0, 0.05) is 5.54 Å². The number of nitrogens with one attached hydrogen (secondary N) is 1. The van der Waals surface area contributed by atoms with Gasteiger partial charge in [0.05, 0.1) is 18.4 Å². The minimum atomic E-state index is -0.235. The fourth-order valence-corrected chi connectivity index (χ4v) is 2.02. The van der Waals surface area contributed by atoms with Gasteiger partial charge in [0.2, 0.25) is 0 Å². The third-order valence-electron chi connectivity index (χ3n) is 2.82. The van der Waals surface area contributed by atoms with Gasteiger partial charge in [0.25, 0.3) is 5.91 Å². The molecular formula is C14H22N2O2. The molecule has 0 heterocycles. The molecule has 18 heavy (non-hydrogen) atoms. The molecule has 4 nitrogen and oxygen atoms in total. The molecule has 0 saturated carbocycles. The number of carbonyl (C=O) groups is 1. The first-order valence-electron chi connectivity index (χ1n) is 6.16. The van der Waals surface area contributed by atoms with Crippen LogP contribution in [0.25, 0.3) is 0 Å². The smallest absolute Gasteiger partial charge is 0.255 e. The maximum atomic E-state index is 12.2. The molecule has 1 aromatic carbocycles. The van der Waals surface area contributed by atoms with Crippen LogP contribution in [-0.2, 0) is 0 Å². The molecule has 0 aliphatic heterocycles. The zero-order valence-electron chi connectivity index (χ0n) is 11.5.